The number of benzene rings is 2. The fraction of sp³-hybridized carbons (Fsp3) is 0.364. The molecule has 0 atom stereocenters. The van der Waals surface area contributed by atoms with E-state index < -0.39 is 10.1 Å². The SMILES string of the molecule is CS(=O)(=O)O.N=C(N)c1ccc(OCCCCCCCOc2ccc(C(=N)N)cc2)cc1. The summed E-state index contributed by atoms with van der Waals surface area (Å²) >= 11 is 0. The molecule has 0 aliphatic rings. The summed E-state index contributed by atoms with van der Waals surface area (Å²) in [6, 6.07) is 14.6. The van der Waals surface area contributed by atoms with Crippen molar-refractivity contribution in [3.05, 3.63) is 59.7 Å². The molecule has 0 aliphatic carbocycles. The van der Waals surface area contributed by atoms with Gasteiger partial charge in [0.15, 0.2) is 0 Å². The molecule has 2 aromatic carbocycles. The maximum Gasteiger partial charge on any atom is 0.261 e. The van der Waals surface area contributed by atoms with Crippen LogP contribution in [-0.4, -0.2) is 44.1 Å². The van der Waals surface area contributed by atoms with Gasteiger partial charge in [0.05, 0.1) is 19.5 Å². The molecule has 10 heteroatoms. The first-order valence-electron chi connectivity index (χ1n) is 10.1. The van der Waals surface area contributed by atoms with E-state index in [1.54, 1.807) is 24.3 Å². The van der Waals surface area contributed by atoms with Crippen LogP contribution in [-0.2, 0) is 10.1 Å². The standard InChI is InChI=1S/C21H28N4O2.CH4O3S/c22-20(23)16-6-10-18(11-7-16)26-14-4-2-1-3-5-15-27-19-12-8-17(9-13-19)21(24)25;1-5(2,3)4/h6-13H,1-5,14-15H2,(H3,22,23)(H3,24,25);1H3,(H,2,3,4). The third kappa shape index (κ3) is 13.2. The molecule has 0 fully saturated rings. The van der Waals surface area contributed by atoms with E-state index in [9.17, 15) is 8.42 Å². The fourth-order valence-electron chi connectivity index (χ4n) is 2.58. The predicted molar refractivity (Wildman–Crippen MR) is 126 cm³/mol. The van der Waals surface area contributed by atoms with Crippen molar-refractivity contribution in [2.24, 2.45) is 11.5 Å². The molecule has 9 nitrogen and oxygen atoms in total. The lowest BCUT2D eigenvalue weighted by Crippen LogP contribution is -2.10. The monoisotopic (exact) mass is 464 g/mol. The van der Waals surface area contributed by atoms with Gasteiger partial charge in [0.2, 0.25) is 0 Å². The summed E-state index contributed by atoms with van der Waals surface area (Å²) in [7, 11) is -3.67. The molecule has 0 spiro atoms. The second-order valence-electron chi connectivity index (χ2n) is 7.07. The van der Waals surface area contributed by atoms with Gasteiger partial charge in [0, 0.05) is 11.1 Å². The number of hydrogen-bond acceptors (Lipinski definition) is 6. The molecule has 0 amide bonds. The molecule has 0 aromatic heterocycles. The molecule has 2 aromatic rings. The van der Waals surface area contributed by atoms with Crippen LogP contribution in [0.5, 0.6) is 11.5 Å². The Balaban J connectivity index is 0.000000920. The van der Waals surface area contributed by atoms with Gasteiger partial charge in [0.25, 0.3) is 10.1 Å². The van der Waals surface area contributed by atoms with Crippen molar-refractivity contribution >= 4 is 21.8 Å². The molecule has 0 heterocycles. The molecule has 176 valence electrons. The van der Waals surface area contributed by atoms with Crippen LogP contribution in [0.25, 0.3) is 0 Å². The van der Waals surface area contributed by atoms with Gasteiger partial charge in [-0.3, -0.25) is 15.4 Å². The predicted octanol–water partition coefficient (Wildman–Crippen LogP) is 3.17. The lowest BCUT2D eigenvalue weighted by atomic mass is 10.1. The molecule has 0 unspecified atom stereocenters. The van der Waals surface area contributed by atoms with E-state index in [0.29, 0.717) is 30.6 Å². The molecule has 7 N–H and O–H groups in total. The van der Waals surface area contributed by atoms with Gasteiger partial charge in [-0.05, 0) is 61.4 Å². The summed E-state index contributed by atoms with van der Waals surface area (Å²) in [5.41, 5.74) is 12.3. The molecule has 2 rings (SSSR count). The summed E-state index contributed by atoms with van der Waals surface area (Å²) in [5.74, 6) is 1.76. The van der Waals surface area contributed by atoms with Crippen LogP contribution in [0.15, 0.2) is 48.5 Å². The Morgan fingerprint density at radius 2 is 1.03 bits per heavy atom. The van der Waals surface area contributed by atoms with E-state index in [0.717, 1.165) is 43.6 Å². The highest BCUT2D eigenvalue weighted by Gasteiger charge is 1.99. The third-order valence-corrected chi connectivity index (χ3v) is 4.16. The quantitative estimate of drug-likeness (QED) is 0.139. The summed E-state index contributed by atoms with van der Waals surface area (Å²) in [6.07, 6.45) is 6.15. The topological polar surface area (TPSA) is 173 Å². The molecule has 0 aliphatic heterocycles. The number of nitrogens with two attached hydrogens (primary N) is 2. The maximum atomic E-state index is 9.19. The number of nitrogens with one attached hydrogen (secondary N) is 2. The van der Waals surface area contributed by atoms with Crippen LogP contribution < -0.4 is 20.9 Å². The Bertz CT molecular complexity index is 874. The maximum absolute atomic E-state index is 9.19. The van der Waals surface area contributed by atoms with E-state index in [2.05, 4.69) is 0 Å². The van der Waals surface area contributed by atoms with Gasteiger partial charge in [-0.1, -0.05) is 19.3 Å². The van der Waals surface area contributed by atoms with Gasteiger partial charge in [0.1, 0.15) is 23.2 Å². The van der Waals surface area contributed by atoms with E-state index in [1.807, 2.05) is 24.3 Å². The molecule has 0 saturated heterocycles. The number of nitrogen functional groups attached to an aromatic ring is 2. The molecule has 0 saturated carbocycles. The molecule has 32 heavy (non-hydrogen) atoms. The van der Waals surface area contributed by atoms with Crippen LogP contribution in [0, 0.1) is 10.8 Å². The Labute approximate surface area is 189 Å². The summed E-state index contributed by atoms with van der Waals surface area (Å²) in [5, 5.41) is 14.7. The van der Waals surface area contributed by atoms with Crippen molar-refractivity contribution in [2.75, 3.05) is 19.5 Å². The molecule has 0 bridgehead atoms. The van der Waals surface area contributed by atoms with Crippen molar-refractivity contribution in [2.45, 2.75) is 32.1 Å². The van der Waals surface area contributed by atoms with Crippen molar-refractivity contribution in [3.63, 3.8) is 0 Å². The van der Waals surface area contributed by atoms with Crippen LogP contribution in [0.2, 0.25) is 0 Å². The van der Waals surface area contributed by atoms with Crippen molar-refractivity contribution < 1.29 is 22.4 Å². The van der Waals surface area contributed by atoms with E-state index in [-0.39, 0.29) is 11.7 Å². The summed E-state index contributed by atoms with van der Waals surface area (Å²) in [4.78, 5) is 0. The highest BCUT2D eigenvalue weighted by molar-refractivity contribution is 7.85. The minimum Gasteiger partial charge on any atom is -0.494 e. The average molecular weight is 465 g/mol. The summed E-state index contributed by atoms with van der Waals surface area (Å²) in [6.45, 7) is 1.39. The van der Waals surface area contributed by atoms with Crippen molar-refractivity contribution in [1.29, 1.82) is 10.8 Å². The molecular weight excluding hydrogens is 432 g/mol. The average Bonchev–Trinajstić information content (AvgIpc) is 2.72. The lowest BCUT2D eigenvalue weighted by molar-refractivity contribution is 0.293. The van der Waals surface area contributed by atoms with E-state index in [1.165, 1.54) is 0 Å². The van der Waals surface area contributed by atoms with Crippen molar-refractivity contribution in [1.82, 2.24) is 0 Å². The zero-order valence-electron chi connectivity index (χ0n) is 18.2. The second-order valence-corrected chi connectivity index (χ2v) is 8.54. The minimum absolute atomic E-state index is 0.0682. The second kappa shape index (κ2) is 14.0. The number of amidine groups is 2. The lowest BCUT2D eigenvalue weighted by Gasteiger charge is -2.08. The summed E-state index contributed by atoms with van der Waals surface area (Å²) < 4.78 is 37.3. The first-order valence-corrected chi connectivity index (χ1v) is 12.0. The first kappa shape index (κ1) is 26.9. The Morgan fingerprint density at radius 1 is 0.750 bits per heavy atom. The van der Waals surface area contributed by atoms with Gasteiger partial charge in [-0.25, -0.2) is 0 Å². The zero-order valence-corrected chi connectivity index (χ0v) is 19.0. The van der Waals surface area contributed by atoms with Crippen LogP contribution in [0.3, 0.4) is 0 Å². The normalized spacial score (nSPS) is 10.6. The number of hydrogen-bond donors (Lipinski definition) is 5. The minimum atomic E-state index is -3.67. The largest absolute Gasteiger partial charge is 0.494 e. The van der Waals surface area contributed by atoms with Crippen LogP contribution in [0.4, 0.5) is 0 Å². The van der Waals surface area contributed by atoms with Gasteiger partial charge < -0.3 is 20.9 Å². The van der Waals surface area contributed by atoms with Crippen molar-refractivity contribution in [3.8, 4) is 11.5 Å². The first-order chi connectivity index (χ1) is 15.1. The number of ether oxygens (including phenoxy) is 2. The van der Waals surface area contributed by atoms with Gasteiger partial charge >= 0.3 is 0 Å². The third-order valence-electron chi connectivity index (χ3n) is 4.16. The van der Waals surface area contributed by atoms with Gasteiger partial charge in [-0.2, -0.15) is 8.42 Å². The van der Waals surface area contributed by atoms with E-state index in [4.69, 9.17) is 36.3 Å². The van der Waals surface area contributed by atoms with E-state index >= 15 is 0 Å². The Morgan fingerprint density at radius 3 is 1.31 bits per heavy atom. The Hall–Kier alpha value is -3.11. The Kier molecular flexibility index (Phi) is 11.8. The molecule has 0 radical (unpaired) electrons. The highest BCUT2D eigenvalue weighted by atomic mass is 32.2. The number of rotatable bonds is 12. The smallest absolute Gasteiger partial charge is 0.261 e. The highest BCUT2D eigenvalue weighted by Crippen LogP contribution is 2.14. The number of unbranched alkanes of at least 4 members (excludes halogenated alkanes) is 4. The van der Waals surface area contributed by atoms with Crippen LogP contribution in [0.1, 0.15) is 43.2 Å². The zero-order chi connectivity index (χ0) is 24.0. The fourth-order valence-corrected chi connectivity index (χ4v) is 2.58. The van der Waals surface area contributed by atoms with Crippen LogP contribution >= 0.6 is 0 Å². The van der Waals surface area contributed by atoms with Gasteiger partial charge in [-0.15, -0.1) is 0 Å². The molecular formula is C22H32N4O5S.